The van der Waals surface area contributed by atoms with E-state index in [9.17, 15) is 50.8 Å². The van der Waals surface area contributed by atoms with E-state index in [2.05, 4.69) is 0 Å². The summed E-state index contributed by atoms with van der Waals surface area (Å²) in [5.41, 5.74) is 0. The Hall–Kier alpha value is 0.940. The van der Waals surface area contributed by atoms with Gasteiger partial charge < -0.3 is 19.3 Å². The number of phosphoric acid groups is 10. The van der Waals surface area contributed by atoms with Gasteiger partial charge in [0.25, 0.3) is 0 Å². The van der Waals surface area contributed by atoms with Crippen molar-refractivity contribution in [2.24, 2.45) is 0 Å². The van der Waals surface area contributed by atoms with Gasteiger partial charge in [-0.15, -0.1) is 0 Å². The molecular formula is C68H148O44P10. The lowest BCUT2D eigenvalue weighted by atomic mass is 10.4. The van der Waals surface area contributed by atoms with Gasteiger partial charge in [-0.25, -0.2) is 45.7 Å². The van der Waals surface area contributed by atoms with Crippen molar-refractivity contribution in [3.8, 4) is 0 Å². The first kappa shape index (κ1) is 123. The molecule has 0 aromatic carbocycles. The van der Waals surface area contributed by atoms with Crippen LogP contribution in [0.15, 0.2) is 0 Å². The second-order valence-corrected chi connectivity index (χ2v) is 42.2. The Labute approximate surface area is 724 Å². The molecule has 0 spiro atoms. The minimum Gasteiger partial charge on any atom is -0.394 e. The summed E-state index contributed by atoms with van der Waals surface area (Å²) in [5.74, 6) is 0. The fraction of sp³-hybridized carbons (Fsp3) is 1.00. The zero-order chi connectivity index (χ0) is 90.8. The summed E-state index contributed by atoms with van der Waals surface area (Å²) in [6, 6.07) is 0. The molecule has 54 heteroatoms. The lowest BCUT2D eigenvalue weighted by molar-refractivity contribution is -0.0279. The Kier molecular flexibility index (Phi) is 77.9. The monoisotopic (exact) mass is 1980 g/mol. The van der Waals surface area contributed by atoms with Crippen molar-refractivity contribution in [1.29, 1.82) is 0 Å². The third-order valence-corrected chi connectivity index (χ3v) is 29.5. The maximum absolute atomic E-state index is 13.9. The molecule has 122 heavy (non-hydrogen) atoms. The number of aliphatic hydroxyl groups excluding tert-OH is 1. The lowest BCUT2D eigenvalue weighted by Gasteiger charge is -2.22. The molecule has 734 valence electrons. The first-order chi connectivity index (χ1) is 58.5. The summed E-state index contributed by atoms with van der Waals surface area (Å²) in [5, 5.41) is 9.17. The van der Waals surface area contributed by atoms with Gasteiger partial charge in [0.1, 0.15) is 0 Å². The van der Waals surface area contributed by atoms with E-state index in [4.69, 9.17) is 150 Å². The molecule has 0 aliphatic heterocycles. The Bertz CT molecular complexity index is 2980. The van der Waals surface area contributed by atoms with Crippen molar-refractivity contribution in [2.75, 3.05) is 238 Å². The van der Waals surface area contributed by atoms with Crippen LogP contribution in [0.1, 0.15) is 205 Å². The molecule has 0 aliphatic carbocycles. The van der Waals surface area contributed by atoms with Crippen LogP contribution in [0.4, 0.5) is 0 Å². The van der Waals surface area contributed by atoms with E-state index < -0.39 is 190 Å². The third kappa shape index (κ3) is 67.2. The second-order valence-electron chi connectivity index (χ2n) is 25.5. The molecule has 44 nitrogen and oxygen atoms in total. The second kappa shape index (κ2) is 77.3. The van der Waals surface area contributed by atoms with Crippen molar-refractivity contribution >= 4 is 78.2 Å². The summed E-state index contributed by atoms with van der Waals surface area (Å²) in [4.78, 5) is 0. The topological polar surface area (TPSA) is 496 Å². The molecule has 0 saturated carbocycles. The van der Waals surface area contributed by atoms with Crippen LogP contribution < -0.4 is 0 Å². The Morgan fingerprint density at radius 3 is 0.467 bits per heavy atom. The summed E-state index contributed by atoms with van der Waals surface area (Å²) in [7, 11) is -41.5. The average molecular weight is 1980 g/mol. The van der Waals surface area contributed by atoms with E-state index in [0.29, 0.717) is 116 Å². The SMILES string of the molecule is CCCCOP(=O)(OCCO)OCCOP(=O)(OCCCC)OCCOP(=O)(OCCCC)OCCOP(=O)(OCCCC)OCCOP(=O)(OCCCC)OCCOCC(C)OCCOP(=O)(OCCCC)OCCOP(=O)(OCCCC)OCCOP(=O)(OCCCC)OCCOP(=O)(OCCCC)OCCOP(=O)(OCCCC)OCCOC. The highest BCUT2D eigenvalue weighted by Crippen LogP contribution is 2.58. The fourth-order valence-electron chi connectivity index (χ4n) is 8.00. The van der Waals surface area contributed by atoms with E-state index in [1.807, 2.05) is 69.2 Å². The summed E-state index contributed by atoms with van der Waals surface area (Å²) >= 11 is 0. The van der Waals surface area contributed by atoms with E-state index in [-0.39, 0.29) is 126 Å². The maximum Gasteiger partial charge on any atom is 0.474 e. The van der Waals surface area contributed by atoms with E-state index in [0.717, 1.165) is 12.8 Å². The van der Waals surface area contributed by atoms with Gasteiger partial charge in [0.05, 0.1) is 237 Å². The summed E-state index contributed by atoms with van der Waals surface area (Å²) in [6.07, 6.45) is 11.3. The van der Waals surface area contributed by atoms with Crippen molar-refractivity contribution < 1.29 is 201 Å². The Morgan fingerprint density at radius 2 is 0.320 bits per heavy atom. The van der Waals surface area contributed by atoms with Gasteiger partial charge >= 0.3 is 78.2 Å². The van der Waals surface area contributed by atoms with Crippen LogP contribution >= 0.6 is 78.2 Å². The molecule has 11 unspecified atom stereocenters. The normalized spacial score (nSPS) is 17.5. The number of hydrogen-bond donors (Lipinski definition) is 1. The quantitative estimate of drug-likeness (QED) is 0.0436. The van der Waals surface area contributed by atoms with Gasteiger partial charge in [-0.1, -0.05) is 133 Å². The fourth-order valence-corrected chi connectivity index (χ4v) is 19.7. The summed E-state index contributed by atoms with van der Waals surface area (Å²) in [6.45, 7) is 11.3. The zero-order valence-corrected chi connectivity index (χ0v) is 82.9. The van der Waals surface area contributed by atoms with Gasteiger partial charge in [-0.3, -0.25) is 136 Å². The van der Waals surface area contributed by atoms with Crippen LogP contribution in [-0.2, 0) is 196 Å². The molecule has 0 radical (unpaired) electrons. The molecule has 1 N–H and O–H groups in total. The number of ether oxygens (including phenoxy) is 3. The van der Waals surface area contributed by atoms with Gasteiger partial charge in [0, 0.05) is 7.11 Å². The van der Waals surface area contributed by atoms with Crippen molar-refractivity contribution in [3.63, 3.8) is 0 Å². The number of methoxy groups -OCH3 is 1. The molecule has 0 bridgehead atoms. The maximum atomic E-state index is 13.9. The highest BCUT2D eigenvalue weighted by atomic mass is 31.2. The lowest BCUT2D eigenvalue weighted by Crippen LogP contribution is -2.20. The van der Waals surface area contributed by atoms with Crippen LogP contribution in [0.25, 0.3) is 0 Å². The van der Waals surface area contributed by atoms with E-state index >= 15 is 0 Å². The van der Waals surface area contributed by atoms with Crippen molar-refractivity contribution in [3.05, 3.63) is 0 Å². The third-order valence-electron chi connectivity index (χ3n) is 14.6. The standard InChI is InChI=1S/C68H148O44P10/c1-13-23-34-83-113(70,93-44-33-69)97-51-52-101-117(74,87-38-27-17-5)105-59-60-109-121(78,91-42-31-21-9)111-65-62-107-119(76,89-40-29-19-7)103-57-54-99-115(72,85-36-25-15-3)95-49-46-81-67-68(11)82-47-50-96-116(73,86-37-26-16-4)100-55-58-104-120(77,90-41-30-20-8)108-63-66-112-122(79,92-43-32-22-10)110-64-61-106-118(75,88-39-28-18-6)102-56-53-98-114(71,84-35-24-14-2)94-48-45-80-12/h68-69H,13-67H2,1-12H3. The molecule has 0 aromatic rings. The number of aliphatic hydroxyl groups is 1. The largest absolute Gasteiger partial charge is 0.474 e. The van der Waals surface area contributed by atoms with E-state index in [1.54, 1.807) is 6.92 Å². The van der Waals surface area contributed by atoms with Crippen molar-refractivity contribution in [1.82, 2.24) is 0 Å². The number of phosphoric ester groups is 10. The summed E-state index contributed by atoms with van der Waals surface area (Å²) < 4.78 is 317. The predicted octanol–water partition coefficient (Wildman–Crippen LogP) is 19.6. The molecule has 0 saturated heterocycles. The average Bonchev–Trinajstić information content (AvgIpc) is 0.879. The highest BCUT2D eigenvalue weighted by Gasteiger charge is 2.38. The van der Waals surface area contributed by atoms with Gasteiger partial charge in [0.2, 0.25) is 0 Å². The van der Waals surface area contributed by atoms with Crippen LogP contribution in [-0.4, -0.2) is 250 Å². The van der Waals surface area contributed by atoms with E-state index in [1.165, 1.54) is 7.11 Å². The number of rotatable bonds is 98. The predicted molar refractivity (Wildman–Crippen MR) is 449 cm³/mol. The number of hydrogen-bond acceptors (Lipinski definition) is 44. The molecular weight excluding hydrogens is 1830 g/mol. The molecule has 0 heterocycles. The molecule has 0 amide bonds. The molecule has 11 atom stereocenters. The molecule has 0 rings (SSSR count). The Morgan fingerprint density at radius 1 is 0.189 bits per heavy atom. The zero-order valence-electron chi connectivity index (χ0n) is 73.9. The van der Waals surface area contributed by atoms with Gasteiger partial charge in [-0.2, -0.15) is 0 Å². The highest BCUT2D eigenvalue weighted by molar-refractivity contribution is 7.51. The first-order valence-corrected chi connectivity index (χ1v) is 56.7. The minimum absolute atomic E-state index is 0.000652. The minimum atomic E-state index is -4.41. The van der Waals surface area contributed by atoms with Crippen LogP contribution in [0, 0.1) is 0 Å². The smallest absolute Gasteiger partial charge is 0.394 e. The first-order valence-electron chi connectivity index (χ1n) is 42.1. The molecule has 0 aromatic heterocycles. The number of unbranched alkanes of at least 4 members (excludes halogenated alkanes) is 10. The van der Waals surface area contributed by atoms with Crippen molar-refractivity contribution in [2.45, 2.75) is 211 Å². The molecule has 0 fully saturated rings. The van der Waals surface area contributed by atoms with Crippen LogP contribution in [0.5, 0.6) is 0 Å². The van der Waals surface area contributed by atoms with Gasteiger partial charge in [-0.05, 0) is 71.1 Å². The van der Waals surface area contributed by atoms with Crippen LogP contribution in [0.3, 0.4) is 0 Å². The Balaban J connectivity index is 5.64. The van der Waals surface area contributed by atoms with Crippen LogP contribution in [0.2, 0.25) is 0 Å². The van der Waals surface area contributed by atoms with Gasteiger partial charge in [0.15, 0.2) is 0 Å². The molecule has 0 aliphatic rings.